The summed E-state index contributed by atoms with van der Waals surface area (Å²) < 4.78 is 0. The first-order valence-electron chi connectivity index (χ1n) is 5.74. The van der Waals surface area contributed by atoms with Crippen LogP contribution in [0.2, 0.25) is 0 Å². The molecule has 0 atom stereocenters. The van der Waals surface area contributed by atoms with Crippen LogP contribution in [-0.4, -0.2) is 14.1 Å². The molecule has 0 N–H and O–H groups in total. The van der Waals surface area contributed by atoms with Crippen LogP contribution in [0, 0.1) is 0 Å². The van der Waals surface area contributed by atoms with Crippen LogP contribution in [0.1, 0.15) is 30.4 Å². The van der Waals surface area contributed by atoms with Crippen LogP contribution in [0.25, 0.3) is 6.08 Å². The van der Waals surface area contributed by atoms with E-state index in [1.165, 1.54) is 42.5 Å². The molecule has 1 aliphatic rings. The highest BCUT2D eigenvalue weighted by molar-refractivity contribution is 5.61. The van der Waals surface area contributed by atoms with E-state index in [-0.39, 0.29) is 0 Å². The molecule has 15 heavy (non-hydrogen) atoms. The monoisotopic (exact) mass is 201 g/mol. The minimum absolute atomic E-state index is 1.23. The lowest BCUT2D eigenvalue weighted by atomic mass is 9.97. The molecule has 0 bridgehead atoms. The number of hydrogen-bond acceptors (Lipinski definition) is 1. The Kier molecular flexibility index (Phi) is 3.10. The van der Waals surface area contributed by atoms with Gasteiger partial charge in [0, 0.05) is 19.8 Å². The van der Waals surface area contributed by atoms with Crippen molar-refractivity contribution in [3.63, 3.8) is 0 Å². The number of anilines is 1. The molecule has 2 rings (SSSR count). The van der Waals surface area contributed by atoms with Gasteiger partial charge in [-0.3, -0.25) is 0 Å². The minimum Gasteiger partial charge on any atom is -0.378 e. The fourth-order valence-electron chi connectivity index (χ4n) is 2.03. The van der Waals surface area contributed by atoms with Gasteiger partial charge in [-0.1, -0.05) is 18.2 Å². The molecule has 0 saturated carbocycles. The molecule has 0 spiro atoms. The second-order valence-corrected chi connectivity index (χ2v) is 4.43. The van der Waals surface area contributed by atoms with Crippen molar-refractivity contribution in [1.82, 2.24) is 0 Å². The number of allylic oxidation sites excluding steroid dienone is 1. The van der Waals surface area contributed by atoms with Gasteiger partial charge in [0.15, 0.2) is 0 Å². The largest absolute Gasteiger partial charge is 0.378 e. The first-order valence-corrected chi connectivity index (χ1v) is 5.74. The number of aryl methyl sites for hydroxylation is 1. The first-order chi connectivity index (χ1) is 7.27. The highest BCUT2D eigenvalue weighted by Crippen LogP contribution is 2.23. The van der Waals surface area contributed by atoms with Crippen molar-refractivity contribution in [2.75, 3.05) is 19.0 Å². The maximum atomic E-state index is 2.30. The standard InChI is InChI=1S/C14H19N/c1-15(2)14-10-9-12-7-5-3-4-6-8-13(12)11-14/h6,8-11H,3-5,7H2,1-2H3/b8-6-. The van der Waals surface area contributed by atoms with Crippen molar-refractivity contribution in [2.45, 2.75) is 25.7 Å². The van der Waals surface area contributed by atoms with E-state index in [0.717, 1.165) is 0 Å². The number of hydrogen-bond donors (Lipinski definition) is 0. The lowest BCUT2D eigenvalue weighted by Crippen LogP contribution is -2.09. The summed E-state index contributed by atoms with van der Waals surface area (Å²) in [7, 11) is 4.18. The third-order valence-corrected chi connectivity index (χ3v) is 3.01. The smallest absolute Gasteiger partial charge is 0.0367 e. The van der Waals surface area contributed by atoms with Gasteiger partial charge in [0.1, 0.15) is 0 Å². The zero-order valence-electron chi connectivity index (χ0n) is 9.66. The second kappa shape index (κ2) is 4.52. The van der Waals surface area contributed by atoms with Crippen LogP contribution in [0.4, 0.5) is 5.69 Å². The highest BCUT2D eigenvalue weighted by atomic mass is 15.1. The molecule has 0 aromatic heterocycles. The van der Waals surface area contributed by atoms with Crippen LogP contribution >= 0.6 is 0 Å². The van der Waals surface area contributed by atoms with Crippen molar-refractivity contribution in [2.24, 2.45) is 0 Å². The zero-order chi connectivity index (χ0) is 10.7. The summed E-state index contributed by atoms with van der Waals surface area (Å²) >= 11 is 0. The normalized spacial score (nSPS) is 17.5. The third kappa shape index (κ3) is 2.41. The summed E-state index contributed by atoms with van der Waals surface area (Å²) in [5.41, 5.74) is 4.19. The summed E-state index contributed by atoms with van der Waals surface area (Å²) in [5.74, 6) is 0. The molecule has 0 amide bonds. The van der Waals surface area contributed by atoms with E-state index in [0.29, 0.717) is 0 Å². The van der Waals surface area contributed by atoms with Gasteiger partial charge in [-0.05, 0) is 48.9 Å². The Labute approximate surface area is 92.4 Å². The summed E-state index contributed by atoms with van der Waals surface area (Å²) in [5, 5.41) is 0. The summed E-state index contributed by atoms with van der Waals surface area (Å²) in [6.45, 7) is 0. The molecule has 0 aliphatic heterocycles. The van der Waals surface area contributed by atoms with Gasteiger partial charge in [0.05, 0.1) is 0 Å². The molecule has 80 valence electrons. The molecule has 0 fully saturated rings. The summed E-state index contributed by atoms with van der Waals surface area (Å²) in [6, 6.07) is 6.78. The molecule has 1 aliphatic carbocycles. The van der Waals surface area contributed by atoms with Crippen LogP contribution in [0.15, 0.2) is 24.3 Å². The maximum absolute atomic E-state index is 2.30. The molecule has 1 heteroatoms. The van der Waals surface area contributed by atoms with Crippen molar-refractivity contribution in [3.05, 3.63) is 35.4 Å². The second-order valence-electron chi connectivity index (χ2n) is 4.43. The lowest BCUT2D eigenvalue weighted by molar-refractivity contribution is 0.743. The molecular formula is C14H19N. The predicted octanol–water partition coefficient (Wildman–Crippen LogP) is 3.49. The van der Waals surface area contributed by atoms with Crippen molar-refractivity contribution >= 4 is 11.8 Å². The van der Waals surface area contributed by atoms with Gasteiger partial charge in [-0.25, -0.2) is 0 Å². The molecule has 0 radical (unpaired) electrons. The average molecular weight is 201 g/mol. The van der Waals surface area contributed by atoms with E-state index < -0.39 is 0 Å². The van der Waals surface area contributed by atoms with Crippen molar-refractivity contribution in [1.29, 1.82) is 0 Å². The van der Waals surface area contributed by atoms with Crippen LogP contribution in [-0.2, 0) is 6.42 Å². The van der Waals surface area contributed by atoms with Crippen LogP contribution in [0.3, 0.4) is 0 Å². The van der Waals surface area contributed by atoms with Gasteiger partial charge in [-0.15, -0.1) is 0 Å². The summed E-state index contributed by atoms with van der Waals surface area (Å²) in [4.78, 5) is 2.16. The van der Waals surface area contributed by atoms with Gasteiger partial charge in [0.25, 0.3) is 0 Å². The van der Waals surface area contributed by atoms with Gasteiger partial charge in [0.2, 0.25) is 0 Å². The van der Waals surface area contributed by atoms with E-state index >= 15 is 0 Å². The average Bonchev–Trinajstić information content (AvgIpc) is 2.18. The van der Waals surface area contributed by atoms with Crippen LogP contribution in [0.5, 0.6) is 0 Å². The van der Waals surface area contributed by atoms with E-state index in [9.17, 15) is 0 Å². The molecule has 0 saturated heterocycles. The fraction of sp³-hybridized carbons (Fsp3) is 0.429. The minimum atomic E-state index is 1.23. The van der Waals surface area contributed by atoms with E-state index in [4.69, 9.17) is 0 Å². The van der Waals surface area contributed by atoms with Gasteiger partial charge >= 0.3 is 0 Å². The van der Waals surface area contributed by atoms with E-state index in [1.807, 2.05) is 0 Å². The predicted molar refractivity (Wildman–Crippen MR) is 67.4 cm³/mol. The Balaban J connectivity index is 2.37. The number of benzene rings is 1. The third-order valence-electron chi connectivity index (χ3n) is 3.01. The SMILES string of the molecule is CN(C)c1ccc2c(c1)/C=C\CCCC2. The molecule has 0 heterocycles. The number of nitrogens with zero attached hydrogens (tertiary/aromatic N) is 1. The maximum Gasteiger partial charge on any atom is 0.0367 e. The Hall–Kier alpha value is -1.24. The molecule has 1 aromatic rings. The van der Waals surface area contributed by atoms with E-state index in [2.05, 4.69) is 49.3 Å². The van der Waals surface area contributed by atoms with Crippen molar-refractivity contribution in [3.8, 4) is 0 Å². The molecular weight excluding hydrogens is 182 g/mol. The fourth-order valence-corrected chi connectivity index (χ4v) is 2.03. The number of rotatable bonds is 1. The Morgan fingerprint density at radius 3 is 2.80 bits per heavy atom. The zero-order valence-corrected chi connectivity index (χ0v) is 9.66. The molecule has 1 aromatic carbocycles. The molecule has 1 nitrogen and oxygen atoms in total. The van der Waals surface area contributed by atoms with Crippen LogP contribution < -0.4 is 4.90 Å². The van der Waals surface area contributed by atoms with Gasteiger partial charge in [-0.2, -0.15) is 0 Å². The Morgan fingerprint density at radius 2 is 2.00 bits per heavy atom. The highest BCUT2D eigenvalue weighted by Gasteiger charge is 2.04. The van der Waals surface area contributed by atoms with Gasteiger partial charge < -0.3 is 4.90 Å². The first kappa shape index (κ1) is 10.3. The summed E-state index contributed by atoms with van der Waals surface area (Å²) in [6.07, 6.45) is 9.68. The van der Waals surface area contributed by atoms with Crippen molar-refractivity contribution < 1.29 is 0 Å². The topological polar surface area (TPSA) is 3.24 Å². The Bertz CT molecular complexity index is 364. The lowest BCUT2D eigenvalue weighted by Gasteiger charge is -2.16. The Morgan fingerprint density at radius 1 is 1.13 bits per heavy atom. The van der Waals surface area contributed by atoms with E-state index in [1.54, 1.807) is 0 Å². The number of fused-ring (bicyclic) bond motifs is 1. The quantitative estimate of drug-likeness (QED) is 0.672. The molecule has 0 unspecified atom stereocenters.